The van der Waals surface area contributed by atoms with Gasteiger partial charge < -0.3 is 14.0 Å². The number of amides is 1. The molecule has 0 spiro atoms. The highest BCUT2D eigenvalue weighted by Gasteiger charge is 2.28. The molecule has 1 N–H and O–H groups in total. The van der Waals surface area contributed by atoms with Crippen LogP contribution < -0.4 is 10.1 Å². The zero-order valence-corrected chi connectivity index (χ0v) is 20.5. The Bertz CT molecular complexity index is 1410. The van der Waals surface area contributed by atoms with Gasteiger partial charge in [-0.15, -0.1) is 0 Å². The normalized spacial score (nSPS) is 14.0. The second kappa shape index (κ2) is 10.2. The Morgan fingerprint density at radius 3 is 2.50 bits per heavy atom. The first kappa shape index (κ1) is 23.5. The minimum absolute atomic E-state index is 0.355. The number of hydrogen-bond donors (Lipinski definition) is 1. The number of aromatic nitrogens is 1. The largest absolute Gasteiger partial charge is 0.494 e. The molecule has 0 saturated heterocycles. The molecule has 6 heteroatoms. The Labute approximate surface area is 211 Å². The van der Waals surface area contributed by atoms with E-state index in [4.69, 9.17) is 9.47 Å². The van der Waals surface area contributed by atoms with Crippen LogP contribution in [0.4, 0.5) is 10.5 Å². The van der Waals surface area contributed by atoms with Crippen molar-refractivity contribution in [2.75, 3.05) is 11.9 Å². The molecule has 1 aliphatic carbocycles. The summed E-state index contributed by atoms with van der Waals surface area (Å²) in [6.45, 7) is 4.40. The maximum Gasteiger partial charge on any atom is 0.412 e. The minimum atomic E-state index is -0.510. The molecule has 6 nitrogen and oxygen atoms in total. The van der Waals surface area contributed by atoms with Crippen LogP contribution in [0.3, 0.4) is 0 Å². The lowest BCUT2D eigenvalue weighted by molar-refractivity contribution is 0.121. The van der Waals surface area contributed by atoms with Gasteiger partial charge in [0, 0.05) is 23.2 Å². The summed E-state index contributed by atoms with van der Waals surface area (Å²) >= 11 is 0. The van der Waals surface area contributed by atoms with Gasteiger partial charge in [0.25, 0.3) is 0 Å². The van der Waals surface area contributed by atoms with Gasteiger partial charge in [-0.2, -0.15) is 5.26 Å². The predicted octanol–water partition coefficient (Wildman–Crippen LogP) is 7.61. The molecule has 0 bridgehead atoms. The van der Waals surface area contributed by atoms with Crippen molar-refractivity contribution in [2.45, 2.75) is 45.3 Å². The number of carbonyl (C=O) groups excluding carboxylic acids is 1. The second-order valence-corrected chi connectivity index (χ2v) is 9.06. The first-order chi connectivity index (χ1) is 17.6. The van der Waals surface area contributed by atoms with E-state index >= 15 is 0 Å². The van der Waals surface area contributed by atoms with Gasteiger partial charge in [-0.05, 0) is 68.5 Å². The molecular weight excluding hydrogens is 450 g/mol. The number of benzene rings is 3. The van der Waals surface area contributed by atoms with Gasteiger partial charge in [-0.25, -0.2) is 4.79 Å². The molecule has 36 heavy (non-hydrogen) atoms. The molecule has 1 aromatic heterocycles. The zero-order chi connectivity index (χ0) is 25.1. The Morgan fingerprint density at radius 2 is 1.86 bits per heavy atom. The molecule has 1 heterocycles. The van der Waals surface area contributed by atoms with E-state index in [0.29, 0.717) is 23.9 Å². The van der Waals surface area contributed by atoms with E-state index in [1.807, 2.05) is 86.6 Å². The highest BCUT2D eigenvalue weighted by molar-refractivity contribution is 5.96. The third-order valence-electron chi connectivity index (χ3n) is 6.80. The number of fused-ring (bicyclic) bond motifs is 1. The Kier molecular flexibility index (Phi) is 6.64. The predicted molar refractivity (Wildman–Crippen MR) is 141 cm³/mol. The quantitative estimate of drug-likeness (QED) is 0.296. The van der Waals surface area contributed by atoms with Gasteiger partial charge in [0.1, 0.15) is 17.9 Å². The van der Waals surface area contributed by atoms with Crippen LogP contribution in [0.15, 0.2) is 72.8 Å². The number of nitriles is 1. The van der Waals surface area contributed by atoms with E-state index in [0.717, 1.165) is 46.3 Å². The molecule has 1 amide bonds. The third-order valence-corrected chi connectivity index (χ3v) is 6.80. The Hall–Kier alpha value is -4.24. The van der Waals surface area contributed by atoms with E-state index in [1.54, 1.807) is 0 Å². The van der Waals surface area contributed by atoms with Crippen molar-refractivity contribution in [1.29, 1.82) is 5.26 Å². The molecule has 5 rings (SSSR count). The van der Waals surface area contributed by atoms with Crippen molar-refractivity contribution >= 4 is 22.7 Å². The number of ether oxygens (including phenoxy) is 2. The number of anilines is 1. The summed E-state index contributed by atoms with van der Waals surface area (Å²) < 4.78 is 13.6. The van der Waals surface area contributed by atoms with Crippen LogP contribution in [0.5, 0.6) is 5.75 Å². The van der Waals surface area contributed by atoms with Crippen LogP contribution >= 0.6 is 0 Å². The van der Waals surface area contributed by atoms with E-state index in [-0.39, 0.29) is 6.10 Å². The number of carbonyl (C=O) groups is 1. The van der Waals surface area contributed by atoms with E-state index in [9.17, 15) is 10.1 Å². The first-order valence-corrected chi connectivity index (χ1v) is 12.4. The summed E-state index contributed by atoms with van der Waals surface area (Å²) in [6.07, 6.45) is 2.49. The van der Waals surface area contributed by atoms with E-state index < -0.39 is 6.09 Å². The SMILES string of the molecule is CCOc1ccc2c(C#N)c(-c3ccc(NC(=O)OC(C)c4ccccc4)cc3)n(C3CCC3)c2c1. The lowest BCUT2D eigenvalue weighted by Gasteiger charge is -2.30. The minimum Gasteiger partial charge on any atom is -0.494 e. The lowest BCUT2D eigenvalue weighted by atomic mass is 9.92. The fourth-order valence-corrected chi connectivity index (χ4v) is 4.78. The van der Waals surface area contributed by atoms with Gasteiger partial charge >= 0.3 is 6.09 Å². The molecule has 1 aliphatic rings. The van der Waals surface area contributed by atoms with Crippen molar-refractivity contribution in [1.82, 2.24) is 4.57 Å². The molecule has 1 unspecified atom stereocenters. The van der Waals surface area contributed by atoms with Crippen LogP contribution in [0.25, 0.3) is 22.2 Å². The highest BCUT2D eigenvalue weighted by atomic mass is 16.6. The average molecular weight is 480 g/mol. The maximum atomic E-state index is 12.5. The summed E-state index contributed by atoms with van der Waals surface area (Å²) in [5, 5.41) is 13.9. The molecule has 1 atom stereocenters. The smallest absolute Gasteiger partial charge is 0.412 e. The molecule has 3 aromatic carbocycles. The molecule has 182 valence electrons. The van der Waals surface area contributed by atoms with Crippen LogP contribution in [-0.4, -0.2) is 17.3 Å². The van der Waals surface area contributed by atoms with Crippen molar-refractivity contribution < 1.29 is 14.3 Å². The van der Waals surface area contributed by atoms with E-state index in [1.165, 1.54) is 6.42 Å². The van der Waals surface area contributed by atoms with Crippen molar-refractivity contribution in [3.63, 3.8) is 0 Å². The topological polar surface area (TPSA) is 76.3 Å². The average Bonchev–Trinajstić information content (AvgIpc) is 3.17. The second-order valence-electron chi connectivity index (χ2n) is 9.06. The summed E-state index contributed by atoms with van der Waals surface area (Å²) in [5.41, 5.74) is 5.10. The van der Waals surface area contributed by atoms with Crippen molar-refractivity contribution in [3.8, 4) is 23.1 Å². The molecule has 4 aromatic rings. The van der Waals surface area contributed by atoms with Crippen LogP contribution in [0, 0.1) is 11.3 Å². The number of nitrogens with one attached hydrogen (secondary N) is 1. The molecule has 1 saturated carbocycles. The van der Waals surface area contributed by atoms with Crippen LogP contribution in [0.2, 0.25) is 0 Å². The number of nitrogens with zero attached hydrogens (tertiary/aromatic N) is 2. The van der Waals surface area contributed by atoms with Crippen molar-refractivity contribution in [3.05, 3.63) is 83.9 Å². The Morgan fingerprint density at radius 1 is 1.11 bits per heavy atom. The summed E-state index contributed by atoms with van der Waals surface area (Å²) in [4.78, 5) is 12.5. The number of rotatable bonds is 7. The summed E-state index contributed by atoms with van der Waals surface area (Å²) in [7, 11) is 0. The van der Waals surface area contributed by atoms with Gasteiger partial charge in [-0.3, -0.25) is 5.32 Å². The first-order valence-electron chi connectivity index (χ1n) is 12.4. The molecule has 1 fully saturated rings. The van der Waals surface area contributed by atoms with Crippen LogP contribution in [-0.2, 0) is 4.74 Å². The van der Waals surface area contributed by atoms with Gasteiger partial charge in [-0.1, -0.05) is 42.5 Å². The highest BCUT2D eigenvalue weighted by Crippen LogP contribution is 2.43. The monoisotopic (exact) mass is 479 g/mol. The third kappa shape index (κ3) is 4.52. The molecule has 0 radical (unpaired) electrons. The van der Waals surface area contributed by atoms with Crippen molar-refractivity contribution in [2.24, 2.45) is 0 Å². The van der Waals surface area contributed by atoms with Gasteiger partial charge in [0.2, 0.25) is 0 Å². The molecule has 0 aliphatic heterocycles. The Balaban J connectivity index is 1.43. The van der Waals surface area contributed by atoms with Gasteiger partial charge in [0.15, 0.2) is 0 Å². The van der Waals surface area contributed by atoms with Gasteiger partial charge in [0.05, 0.1) is 23.4 Å². The fourth-order valence-electron chi connectivity index (χ4n) is 4.78. The summed E-state index contributed by atoms with van der Waals surface area (Å²) in [5.74, 6) is 0.807. The lowest BCUT2D eigenvalue weighted by Crippen LogP contribution is -2.18. The standard InChI is InChI=1S/C30H29N3O3/c1-3-35-25-16-17-26-27(19-31)29(33(28(26)18-25)24-10-7-11-24)22-12-14-23(15-13-22)32-30(34)36-20(2)21-8-5-4-6-9-21/h4-6,8-9,12-18,20,24H,3,7,10-11H2,1-2H3,(H,32,34). The maximum absolute atomic E-state index is 12.5. The zero-order valence-electron chi connectivity index (χ0n) is 20.5. The van der Waals surface area contributed by atoms with Crippen LogP contribution in [0.1, 0.15) is 56.4 Å². The van der Waals surface area contributed by atoms with E-state index in [2.05, 4.69) is 16.0 Å². The summed E-state index contributed by atoms with van der Waals surface area (Å²) in [6, 6.07) is 26.0. The fraction of sp³-hybridized carbons (Fsp3) is 0.267. The molecular formula is C30H29N3O3. The number of hydrogen-bond acceptors (Lipinski definition) is 4.